The maximum atomic E-state index is 11.6. The summed E-state index contributed by atoms with van der Waals surface area (Å²) in [4.78, 5) is 12.7. The maximum Gasteiger partial charge on any atom is 0.237 e. The van der Waals surface area contributed by atoms with E-state index in [0.717, 1.165) is 22.6 Å². The third-order valence-electron chi connectivity index (χ3n) is 3.12. The van der Waals surface area contributed by atoms with Gasteiger partial charge in [-0.3, -0.25) is 4.79 Å². The molecule has 1 aliphatic heterocycles. The van der Waals surface area contributed by atoms with Crippen LogP contribution in [0.15, 0.2) is 23.1 Å². The Balaban J connectivity index is 2.31. The van der Waals surface area contributed by atoms with Crippen LogP contribution in [-0.2, 0) is 4.79 Å². The number of hydrogen-bond acceptors (Lipinski definition) is 3. The van der Waals surface area contributed by atoms with Gasteiger partial charge in [-0.05, 0) is 31.0 Å². The van der Waals surface area contributed by atoms with Crippen LogP contribution in [-0.4, -0.2) is 22.9 Å². The minimum absolute atomic E-state index is 0.0341. The number of anilines is 1. The van der Waals surface area contributed by atoms with Crippen LogP contribution in [0.3, 0.4) is 0 Å². The normalized spacial score (nSPS) is 20.6. The SMILES string of the molecule is CCC(CO)c1ccc2c(c1)NC(=O)C(C)S2. The van der Waals surface area contributed by atoms with Gasteiger partial charge < -0.3 is 10.4 Å². The van der Waals surface area contributed by atoms with Crippen molar-refractivity contribution in [3.05, 3.63) is 23.8 Å². The van der Waals surface area contributed by atoms with Crippen LogP contribution in [0.5, 0.6) is 0 Å². The van der Waals surface area contributed by atoms with Gasteiger partial charge in [0, 0.05) is 17.4 Å². The van der Waals surface area contributed by atoms with Crippen LogP contribution in [0, 0.1) is 0 Å². The second-order valence-electron chi connectivity index (χ2n) is 4.29. The van der Waals surface area contributed by atoms with Gasteiger partial charge in [0.2, 0.25) is 5.91 Å². The molecule has 1 heterocycles. The summed E-state index contributed by atoms with van der Waals surface area (Å²) in [5.41, 5.74) is 1.96. The molecule has 2 atom stereocenters. The molecule has 0 spiro atoms. The lowest BCUT2D eigenvalue weighted by molar-refractivity contribution is -0.115. The molecule has 2 unspecified atom stereocenters. The summed E-state index contributed by atoms with van der Waals surface area (Å²) in [5, 5.41) is 12.2. The smallest absolute Gasteiger partial charge is 0.237 e. The molecule has 0 bridgehead atoms. The molecule has 0 fully saturated rings. The van der Waals surface area contributed by atoms with E-state index in [0.29, 0.717) is 0 Å². The second kappa shape index (κ2) is 5.10. The lowest BCUT2D eigenvalue weighted by Crippen LogP contribution is -2.26. The number of fused-ring (bicyclic) bond motifs is 1. The van der Waals surface area contributed by atoms with Crippen molar-refractivity contribution < 1.29 is 9.90 Å². The first-order chi connectivity index (χ1) is 8.15. The highest BCUT2D eigenvalue weighted by Gasteiger charge is 2.23. The number of carbonyl (C=O) groups excluding carboxylic acids is 1. The predicted molar refractivity (Wildman–Crippen MR) is 70.5 cm³/mol. The minimum Gasteiger partial charge on any atom is -0.396 e. The molecule has 0 aromatic heterocycles. The number of carbonyl (C=O) groups is 1. The van der Waals surface area contributed by atoms with Crippen LogP contribution in [0.25, 0.3) is 0 Å². The van der Waals surface area contributed by atoms with Crippen molar-refractivity contribution in [2.24, 2.45) is 0 Å². The first kappa shape index (κ1) is 12.5. The van der Waals surface area contributed by atoms with Crippen LogP contribution in [0.1, 0.15) is 31.7 Å². The van der Waals surface area contributed by atoms with E-state index in [1.165, 1.54) is 0 Å². The van der Waals surface area contributed by atoms with E-state index in [9.17, 15) is 9.90 Å². The van der Waals surface area contributed by atoms with Crippen molar-refractivity contribution in [2.45, 2.75) is 36.3 Å². The van der Waals surface area contributed by atoms with E-state index < -0.39 is 0 Å². The number of aliphatic hydroxyl groups excluding tert-OH is 1. The predicted octanol–water partition coefficient (Wildman–Crippen LogP) is 2.61. The molecule has 0 saturated carbocycles. The van der Waals surface area contributed by atoms with Gasteiger partial charge in [-0.1, -0.05) is 13.0 Å². The van der Waals surface area contributed by atoms with E-state index in [1.54, 1.807) is 11.8 Å². The van der Waals surface area contributed by atoms with Crippen LogP contribution >= 0.6 is 11.8 Å². The fraction of sp³-hybridized carbons (Fsp3) is 0.462. The number of amides is 1. The Morgan fingerprint density at radius 2 is 2.29 bits per heavy atom. The average Bonchev–Trinajstić information content (AvgIpc) is 2.32. The van der Waals surface area contributed by atoms with Crippen molar-refractivity contribution in [1.29, 1.82) is 0 Å². The first-order valence-electron chi connectivity index (χ1n) is 5.88. The highest BCUT2D eigenvalue weighted by molar-refractivity contribution is 8.00. The lowest BCUT2D eigenvalue weighted by atomic mass is 9.97. The third-order valence-corrected chi connectivity index (χ3v) is 4.30. The van der Waals surface area contributed by atoms with Gasteiger partial charge in [0.05, 0.1) is 10.9 Å². The number of benzene rings is 1. The fourth-order valence-corrected chi connectivity index (χ4v) is 2.88. The van der Waals surface area contributed by atoms with Gasteiger partial charge in [0.1, 0.15) is 0 Å². The van der Waals surface area contributed by atoms with Crippen molar-refractivity contribution >= 4 is 23.4 Å². The Hall–Kier alpha value is -1.000. The molecule has 1 amide bonds. The molecule has 92 valence electrons. The molecule has 3 nitrogen and oxygen atoms in total. The monoisotopic (exact) mass is 251 g/mol. The molecule has 2 N–H and O–H groups in total. The van der Waals surface area contributed by atoms with Crippen molar-refractivity contribution in [3.8, 4) is 0 Å². The highest BCUT2D eigenvalue weighted by atomic mass is 32.2. The zero-order chi connectivity index (χ0) is 12.4. The molecule has 1 aliphatic rings. The van der Waals surface area contributed by atoms with Gasteiger partial charge in [0.15, 0.2) is 0 Å². The van der Waals surface area contributed by atoms with Crippen LogP contribution < -0.4 is 5.32 Å². The molecular formula is C13H17NO2S. The molecule has 1 aromatic carbocycles. The van der Waals surface area contributed by atoms with Crippen molar-refractivity contribution in [3.63, 3.8) is 0 Å². The summed E-state index contributed by atoms with van der Waals surface area (Å²) in [7, 11) is 0. The summed E-state index contributed by atoms with van der Waals surface area (Å²) in [5.74, 6) is 0.207. The van der Waals surface area contributed by atoms with E-state index in [4.69, 9.17) is 0 Å². The number of nitrogens with one attached hydrogen (secondary N) is 1. The van der Waals surface area contributed by atoms with Crippen molar-refractivity contribution in [2.75, 3.05) is 11.9 Å². The molecule has 17 heavy (non-hydrogen) atoms. The highest BCUT2D eigenvalue weighted by Crippen LogP contribution is 2.37. The van der Waals surface area contributed by atoms with Gasteiger partial charge in [-0.25, -0.2) is 0 Å². The summed E-state index contributed by atoms with van der Waals surface area (Å²) >= 11 is 1.58. The van der Waals surface area contributed by atoms with Crippen LogP contribution in [0.4, 0.5) is 5.69 Å². The van der Waals surface area contributed by atoms with Gasteiger partial charge in [-0.15, -0.1) is 11.8 Å². The Kier molecular flexibility index (Phi) is 3.74. The van der Waals surface area contributed by atoms with Gasteiger partial charge >= 0.3 is 0 Å². The molecule has 0 saturated heterocycles. The van der Waals surface area contributed by atoms with Gasteiger partial charge in [-0.2, -0.15) is 0 Å². The molecule has 0 aliphatic carbocycles. The first-order valence-corrected chi connectivity index (χ1v) is 6.76. The summed E-state index contributed by atoms with van der Waals surface area (Å²) < 4.78 is 0. The van der Waals surface area contributed by atoms with Crippen LogP contribution in [0.2, 0.25) is 0 Å². The van der Waals surface area contributed by atoms with E-state index in [-0.39, 0.29) is 23.7 Å². The molecule has 0 radical (unpaired) electrons. The number of thioether (sulfide) groups is 1. The third kappa shape index (κ3) is 2.48. The average molecular weight is 251 g/mol. The molecule has 2 rings (SSSR count). The fourth-order valence-electron chi connectivity index (χ4n) is 1.95. The second-order valence-corrected chi connectivity index (χ2v) is 5.68. The number of rotatable bonds is 3. The summed E-state index contributed by atoms with van der Waals surface area (Å²) in [6.07, 6.45) is 0.896. The Bertz CT molecular complexity index is 429. The largest absolute Gasteiger partial charge is 0.396 e. The zero-order valence-electron chi connectivity index (χ0n) is 10.1. The minimum atomic E-state index is -0.0341. The van der Waals surface area contributed by atoms with E-state index in [2.05, 4.69) is 12.2 Å². The number of hydrogen-bond donors (Lipinski definition) is 2. The quantitative estimate of drug-likeness (QED) is 0.868. The molecule has 4 heteroatoms. The maximum absolute atomic E-state index is 11.6. The topological polar surface area (TPSA) is 49.3 Å². The zero-order valence-corrected chi connectivity index (χ0v) is 10.9. The number of aliphatic hydroxyl groups is 1. The standard InChI is InChI=1S/C13H17NO2S/c1-3-9(7-15)10-4-5-12-11(6-10)14-13(16)8(2)17-12/h4-6,8-9,15H,3,7H2,1-2H3,(H,14,16). The lowest BCUT2D eigenvalue weighted by Gasteiger charge is -2.23. The summed E-state index contributed by atoms with van der Waals surface area (Å²) in [6.45, 7) is 4.10. The Morgan fingerprint density at radius 3 is 2.94 bits per heavy atom. The van der Waals surface area contributed by atoms with E-state index in [1.807, 2.05) is 25.1 Å². The van der Waals surface area contributed by atoms with Crippen molar-refractivity contribution in [1.82, 2.24) is 0 Å². The van der Waals surface area contributed by atoms with Gasteiger partial charge in [0.25, 0.3) is 0 Å². The molecular weight excluding hydrogens is 234 g/mol. The Morgan fingerprint density at radius 1 is 1.53 bits per heavy atom. The summed E-state index contributed by atoms with van der Waals surface area (Å²) in [6, 6.07) is 6.06. The molecule has 1 aromatic rings. The van der Waals surface area contributed by atoms with E-state index >= 15 is 0 Å². The Labute approximate surface area is 106 Å².